The third-order valence-electron chi connectivity index (χ3n) is 3.78. The van der Waals surface area contributed by atoms with Gasteiger partial charge in [-0.05, 0) is 24.9 Å². The molecule has 0 aliphatic heterocycles. The Morgan fingerprint density at radius 2 is 2.12 bits per heavy atom. The van der Waals surface area contributed by atoms with Crippen LogP contribution in [-0.2, 0) is 11.0 Å². The zero-order valence-corrected chi connectivity index (χ0v) is 17.0. The van der Waals surface area contributed by atoms with Crippen LogP contribution < -0.4 is 11.3 Å². The molecule has 24 heavy (non-hydrogen) atoms. The van der Waals surface area contributed by atoms with Crippen LogP contribution in [0.2, 0.25) is 13.1 Å². The Kier molecular flexibility index (Phi) is 5.77. The first-order chi connectivity index (χ1) is 11.1. The van der Waals surface area contributed by atoms with E-state index in [0.29, 0.717) is 17.7 Å². The summed E-state index contributed by atoms with van der Waals surface area (Å²) in [6.07, 6.45) is 2.48. The highest BCUT2D eigenvalue weighted by molar-refractivity contribution is 7.81. The minimum atomic E-state index is -1.17. The van der Waals surface area contributed by atoms with Gasteiger partial charge in [-0.3, -0.25) is 9.78 Å². The minimum Gasteiger partial charge on any atom is -0.416 e. The molecule has 134 valence electrons. The summed E-state index contributed by atoms with van der Waals surface area (Å²) in [5, 5.41) is 0.0803. The molecular formula is C15H27N5O2SSi. The molecule has 0 saturated carbocycles. The van der Waals surface area contributed by atoms with Crippen LogP contribution in [0.3, 0.4) is 0 Å². The van der Waals surface area contributed by atoms with Crippen LogP contribution in [0.5, 0.6) is 0 Å². The summed E-state index contributed by atoms with van der Waals surface area (Å²) in [4.78, 5) is 22.6. The average molecular weight is 370 g/mol. The molecule has 0 amide bonds. The van der Waals surface area contributed by atoms with Gasteiger partial charge in [0, 0.05) is 11.8 Å². The highest BCUT2D eigenvalue weighted by atomic mass is 32.1. The maximum atomic E-state index is 11.8. The van der Waals surface area contributed by atoms with Gasteiger partial charge in [-0.25, -0.2) is 4.98 Å². The molecule has 0 aliphatic carbocycles. The van der Waals surface area contributed by atoms with E-state index >= 15 is 0 Å². The van der Waals surface area contributed by atoms with Crippen LogP contribution in [0.4, 0.5) is 5.95 Å². The van der Waals surface area contributed by atoms with E-state index in [-0.39, 0.29) is 28.3 Å². The molecule has 2 rings (SSSR count). The Labute approximate surface area is 149 Å². The number of imidazole rings is 1. The number of hydrogen-bond acceptors (Lipinski definition) is 6. The summed E-state index contributed by atoms with van der Waals surface area (Å²) in [5.74, 6) is 0.0957. The van der Waals surface area contributed by atoms with Crippen molar-refractivity contribution in [2.75, 3.05) is 5.73 Å². The highest BCUT2D eigenvalue weighted by Gasteiger charge is 2.31. The fourth-order valence-electron chi connectivity index (χ4n) is 2.72. The summed E-state index contributed by atoms with van der Waals surface area (Å²) < 4.78 is 8.06. The Morgan fingerprint density at radius 3 is 2.71 bits per heavy atom. The standard InChI is InChI=1S/C15H27N5O2SSi/c1-15(2,3)11(22-24(4)5)9(23)6-7-20-8-17-10-12(20)18-14(16)19-13(10)21/h8-9,11,23-24H,6-7H2,1-5H3,(H3,16,18,19,21). The van der Waals surface area contributed by atoms with E-state index in [1.54, 1.807) is 6.33 Å². The molecule has 2 aromatic rings. The van der Waals surface area contributed by atoms with Crippen molar-refractivity contribution in [1.82, 2.24) is 19.5 Å². The van der Waals surface area contributed by atoms with Crippen molar-refractivity contribution in [2.45, 2.75) is 58.2 Å². The number of H-pyrrole nitrogens is 1. The van der Waals surface area contributed by atoms with Gasteiger partial charge in [0.05, 0.1) is 12.4 Å². The second kappa shape index (κ2) is 7.28. The molecule has 9 heteroatoms. The fourth-order valence-corrected chi connectivity index (χ4v) is 4.67. The predicted octanol–water partition coefficient (Wildman–Crippen LogP) is 1.80. The number of hydrogen-bond donors (Lipinski definition) is 3. The quantitative estimate of drug-likeness (QED) is 0.533. The lowest BCUT2D eigenvalue weighted by atomic mass is 9.86. The zero-order chi connectivity index (χ0) is 18.1. The molecular weight excluding hydrogens is 342 g/mol. The molecule has 0 bridgehead atoms. The van der Waals surface area contributed by atoms with Crippen molar-refractivity contribution in [2.24, 2.45) is 5.41 Å². The van der Waals surface area contributed by atoms with Crippen molar-refractivity contribution in [1.29, 1.82) is 0 Å². The zero-order valence-electron chi connectivity index (χ0n) is 14.9. The number of aryl methyl sites for hydroxylation is 1. The normalized spacial score (nSPS) is 15.1. The first-order valence-corrected chi connectivity index (χ1v) is 11.4. The number of nitrogens with two attached hydrogens (primary N) is 1. The molecule has 3 N–H and O–H groups in total. The molecule has 7 nitrogen and oxygen atoms in total. The van der Waals surface area contributed by atoms with Crippen molar-refractivity contribution >= 4 is 38.8 Å². The van der Waals surface area contributed by atoms with Crippen LogP contribution in [0, 0.1) is 5.41 Å². The van der Waals surface area contributed by atoms with Gasteiger partial charge in [0.2, 0.25) is 5.95 Å². The molecule has 0 saturated heterocycles. The number of anilines is 1. The number of aromatic nitrogens is 4. The fraction of sp³-hybridized carbons (Fsp3) is 0.667. The summed E-state index contributed by atoms with van der Waals surface area (Å²) in [6, 6.07) is 0. The van der Waals surface area contributed by atoms with Gasteiger partial charge in [0.1, 0.15) is 0 Å². The van der Waals surface area contributed by atoms with E-state index in [0.717, 1.165) is 6.42 Å². The molecule has 0 spiro atoms. The van der Waals surface area contributed by atoms with Gasteiger partial charge >= 0.3 is 0 Å². The Hall–Kier alpha value is -1.32. The van der Waals surface area contributed by atoms with E-state index < -0.39 is 9.04 Å². The lowest BCUT2D eigenvalue weighted by Gasteiger charge is -2.36. The molecule has 0 aromatic carbocycles. The first-order valence-electron chi connectivity index (χ1n) is 8.13. The Bertz CT molecular complexity index is 752. The SMILES string of the molecule is C[SiH](C)OC(C(S)CCn1cnc2c(=O)[nH]c(N)nc21)C(C)(C)C. The molecule has 2 unspecified atom stereocenters. The predicted molar refractivity (Wildman–Crippen MR) is 103 cm³/mol. The maximum Gasteiger partial charge on any atom is 0.280 e. The molecule has 2 heterocycles. The lowest BCUT2D eigenvalue weighted by molar-refractivity contribution is 0.0815. The molecule has 0 aliphatic rings. The Morgan fingerprint density at radius 1 is 1.46 bits per heavy atom. The molecule has 2 aromatic heterocycles. The number of aromatic amines is 1. The van der Waals surface area contributed by atoms with Crippen LogP contribution in [0.1, 0.15) is 27.2 Å². The highest BCUT2D eigenvalue weighted by Crippen LogP contribution is 2.30. The summed E-state index contributed by atoms with van der Waals surface area (Å²) in [7, 11) is -1.17. The number of nitrogens with one attached hydrogen (secondary N) is 1. The van der Waals surface area contributed by atoms with E-state index in [1.165, 1.54) is 0 Å². The van der Waals surface area contributed by atoms with Crippen molar-refractivity contribution in [3.05, 3.63) is 16.7 Å². The van der Waals surface area contributed by atoms with Crippen LogP contribution in [-0.4, -0.2) is 39.9 Å². The summed E-state index contributed by atoms with van der Waals surface area (Å²) in [5.41, 5.74) is 6.13. The van der Waals surface area contributed by atoms with E-state index in [4.69, 9.17) is 22.8 Å². The van der Waals surface area contributed by atoms with Gasteiger partial charge in [0.25, 0.3) is 5.56 Å². The number of fused-ring (bicyclic) bond motifs is 1. The number of nitrogen functional groups attached to an aromatic ring is 1. The van der Waals surface area contributed by atoms with Crippen molar-refractivity contribution in [3.8, 4) is 0 Å². The van der Waals surface area contributed by atoms with Crippen LogP contribution in [0.15, 0.2) is 11.1 Å². The second-order valence-corrected chi connectivity index (χ2v) is 10.4. The Balaban J connectivity index is 2.16. The van der Waals surface area contributed by atoms with E-state index in [1.807, 2.05) is 4.57 Å². The number of nitrogens with zero attached hydrogens (tertiary/aromatic N) is 3. The topological polar surface area (TPSA) is 98.8 Å². The van der Waals surface area contributed by atoms with E-state index in [2.05, 4.69) is 48.8 Å². The summed E-state index contributed by atoms with van der Waals surface area (Å²) in [6.45, 7) is 11.5. The molecule has 0 fully saturated rings. The lowest BCUT2D eigenvalue weighted by Crippen LogP contribution is -2.40. The first kappa shape index (κ1) is 19.0. The monoisotopic (exact) mass is 369 g/mol. The van der Waals surface area contributed by atoms with Crippen LogP contribution in [0.25, 0.3) is 11.2 Å². The van der Waals surface area contributed by atoms with Gasteiger partial charge in [0.15, 0.2) is 20.2 Å². The maximum absolute atomic E-state index is 11.8. The third-order valence-corrected chi connectivity index (χ3v) is 5.15. The van der Waals surface area contributed by atoms with E-state index in [9.17, 15) is 4.79 Å². The van der Waals surface area contributed by atoms with Crippen LogP contribution >= 0.6 is 12.6 Å². The summed E-state index contributed by atoms with van der Waals surface area (Å²) >= 11 is 4.79. The smallest absolute Gasteiger partial charge is 0.280 e. The second-order valence-electron chi connectivity index (χ2n) is 7.39. The molecule has 0 radical (unpaired) electrons. The largest absolute Gasteiger partial charge is 0.416 e. The van der Waals surface area contributed by atoms with Crippen molar-refractivity contribution in [3.63, 3.8) is 0 Å². The van der Waals surface area contributed by atoms with Gasteiger partial charge in [-0.1, -0.05) is 20.8 Å². The number of rotatable bonds is 6. The minimum absolute atomic E-state index is 0.0144. The van der Waals surface area contributed by atoms with Gasteiger partial charge < -0.3 is 14.7 Å². The number of thiol groups is 1. The van der Waals surface area contributed by atoms with Gasteiger partial charge in [-0.2, -0.15) is 17.6 Å². The van der Waals surface area contributed by atoms with Gasteiger partial charge in [-0.15, -0.1) is 0 Å². The third kappa shape index (κ3) is 4.40. The average Bonchev–Trinajstić information content (AvgIpc) is 2.84. The van der Waals surface area contributed by atoms with Crippen molar-refractivity contribution < 1.29 is 4.43 Å². The molecule has 2 atom stereocenters.